The summed E-state index contributed by atoms with van der Waals surface area (Å²) in [7, 11) is 0. The number of hydrogen-bond donors (Lipinski definition) is 1. The molecule has 0 atom stereocenters. The van der Waals surface area contributed by atoms with Gasteiger partial charge in [-0.2, -0.15) is 0 Å². The summed E-state index contributed by atoms with van der Waals surface area (Å²) >= 11 is 6.02. The zero-order chi connectivity index (χ0) is 15.2. The molecule has 1 saturated heterocycles. The van der Waals surface area contributed by atoms with Gasteiger partial charge in [-0.3, -0.25) is 14.5 Å². The van der Waals surface area contributed by atoms with E-state index in [1.807, 2.05) is 23.1 Å². The van der Waals surface area contributed by atoms with Crippen LogP contribution in [0.4, 0.5) is 0 Å². The second kappa shape index (κ2) is 7.24. The zero-order valence-electron chi connectivity index (χ0n) is 11.5. The van der Waals surface area contributed by atoms with Crippen molar-refractivity contribution >= 4 is 29.6 Å². The summed E-state index contributed by atoms with van der Waals surface area (Å²) in [6.45, 7) is 2.27. The summed E-state index contributed by atoms with van der Waals surface area (Å²) in [5, 5.41) is 9.34. The van der Waals surface area contributed by atoms with Gasteiger partial charge in [-0.25, -0.2) is 0 Å². The highest BCUT2D eigenvalue weighted by molar-refractivity contribution is 6.32. The molecule has 1 aliphatic heterocycles. The Balaban J connectivity index is 1.88. The molecule has 21 heavy (non-hydrogen) atoms. The summed E-state index contributed by atoms with van der Waals surface area (Å²) < 4.78 is 0. The van der Waals surface area contributed by atoms with Crippen molar-refractivity contribution in [2.45, 2.75) is 0 Å². The standard InChI is InChI=1S/C15H17ClN2O3/c16-13-4-2-1-3-12(13)5-6-14(19)18-9-7-17(8-10-18)11-15(20)21/h1-6H,7-11H2,(H,20,21)/b6-5+. The van der Waals surface area contributed by atoms with Gasteiger partial charge in [-0.05, 0) is 17.7 Å². The second-order valence-electron chi connectivity index (χ2n) is 4.85. The first-order chi connectivity index (χ1) is 10.1. The summed E-state index contributed by atoms with van der Waals surface area (Å²) in [6, 6.07) is 7.32. The molecule has 0 saturated carbocycles. The van der Waals surface area contributed by atoms with Crippen molar-refractivity contribution < 1.29 is 14.7 Å². The average molecular weight is 309 g/mol. The van der Waals surface area contributed by atoms with Crippen molar-refractivity contribution in [2.75, 3.05) is 32.7 Å². The Labute approximate surface area is 128 Å². The number of nitrogens with zero attached hydrogens (tertiary/aromatic N) is 2. The van der Waals surface area contributed by atoms with Crippen molar-refractivity contribution in [3.8, 4) is 0 Å². The molecular formula is C15H17ClN2O3. The van der Waals surface area contributed by atoms with E-state index in [-0.39, 0.29) is 12.5 Å². The van der Waals surface area contributed by atoms with Gasteiger partial charge in [0.1, 0.15) is 0 Å². The molecule has 2 rings (SSSR count). The number of carboxylic acids is 1. The van der Waals surface area contributed by atoms with E-state index < -0.39 is 5.97 Å². The Bertz CT molecular complexity index is 552. The number of carboxylic acid groups (broad SMARTS) is 1. The monoisotopic (exact) mass is 308 g/mol. The minimum absolute atomic E-state index is 0.0253. The topological polar surface area (TPSA) is 60.9 Å². The van der Waals surface area contributed by atoms with Crippen LogP contribution in [-0.2, 0) is 9.59 Å². The summed E-state index contributed by atoms with van der Waals surface area (Å²) in [5.74, 6) is -0.918. The number of hydrogen-bond acceptors (Lipinski definition) is 3. The van der Waals surface area contributed by atoms with Gasteiger partial charge in [-0.15, -0.1) is 0 Å². The molecule has 1 aliphatic rings. The van der Waals surface area contributed by atoms with E-state index in [9.17, 15) is 9.59 Å². The minimum atomic E-state index is -0.839. The molecule has 1 aromatic rings. The second-order valence-corrected chi connectivity index (χ2v) is 5.26. The molecule has 1 heterocycles. The van der Waals surface area contributed by atoms with Gasteiger partial charge >= 0.3 is 5.97 Å². The molecule has 112 valence electrons. The Morgan fingerprint density at radius 3 is 2.48 bits per heavy atom. The smallest absolute Gasteiger partial charge is 0.317 e. The molecule has 1 aromatic carbocycles. The number of rotatable bonds is 4. The number of piperazine rings is 1. The Hall–Kier alpha value is -1.85. The molecule has 0 radical (unpaired) electrons. The normalized spacial score (nSPS) is 16.3. The van der Waals surface area contributed by atoms with Crippen LogP contribution in [0.3, 0.4) is 0 Å². The molecule has 0 unspecified atom stereocenters. The van der Waals surface area contributed by atoms with Crippen LogP contribution < -0.4 is 0 Å². The lowest BCUT2D eigenvalue weighted by Gasteiger charge is -2.33. The van der Waals surface area contributed by atoms with Crippen molar-refractivity contribution in [3.63, 3.8) is 0 Å². The molecule has 1 amide bonds. The van der Waals surface area contributed by atoms with Gasteiger partial charge in [-0.1, -0.05) is 29.8 Å². The molecule has 6 heteroatoms. The van der Waals surface area contributed by atoms with Crippen LogP contribution in [0.5, 0.6) is 0 Å². The quantitative estimate of drug-likeness (QED) is 0.858. The molecule has 0 aromatic heterocycles. The van der Waals surface area contributed by atoms with E-state index in [1.165, 1.54) is 6.08 Å². The summed E-state index contributed by atoms with van der Waals surface area (Å²) in [4.78, 5) is 26.2. The van der Waals surface area contributed by atoms with Gasteiger partial charge < -0.3 is 10.0 Å². The van der Waals surface area contributed by atoms with Crippen LogP contribution in [0.25, 0.3) is 6.08 Å². The lowest BCUT2D eigenvalue weighted by atomic mass is 10.2. The minimum Gasteiger partial charge on any atom is -0.480 e. The molecule has 0 spiro atoms. The van der Waals surface area contributed by atoms with Crippen LogP contribution in [0, 0.1) is 0 Å². The highest BCUT2D eigenvalue weighted by Crippen LogP contribution is 2.16. The van der Waals surface area contributed by atoms with E-state index in [1.54, 1.807) is 17.0 Å². The van der Waals surface area contributed by atoms with Crippen molar-refractivity contribution in [3.05, 3.63) is 40.9 Å². The molecule has 1 fully saturated rings. The fraction of sp³-hybridized carbons (Fsp3) is 0.333. The predicted octanol–water partition coefficient (Wildman–Crippen LogP) is 1.58. The third kappa shape index (κ3) is 4.58. The van der Waals surface area contributed by atoms with Crippen LogP contribution in [0.15, 0.2) is 30.3 Å². The molecular weight excluding hydrogens is 292 g/mol. The van der Waals surface area contributed by atoms with Crippen LogP contribution in [-0.4, -0.2) is 59.5 Å². The van der Waals surface area contributed by atoms with E-state index >= 15 is 0 Å². The Morgan fingerprint density at radius 1 is 1.19 bits per heavy atom. The third-order valence-electron chi connectivity index (χ3n) is 3.35. The number of benzene rings is 1. The molecule has 1 N–H and O–H groups in total. The number of aliphatic carboxylic acids is 1. The lowest BCUT2D eigenvalue weighted by Crippen LogP contribution is -2.49. The van der Waals surface area contributed by atoms with Crippen molar-refractivity contribution in [1.82, 2.24) is 9.80 Å². The van der Waals surface area contributed by atoms with Crippen LogP contribution >= 0.6 is 11.6 Å². The first kappa shape index (κ1) is 15.5. The van der Waals surface area contributed by atoms with Crippen LogP contribution in [0.2, 0.25) is 5.02 Å². The van der Waals surface area contributed by atoms with Gasteiger partial charge in [0, 0.05) is 37.3 Å². The maximum absolute atomic E-state index is 12.1. The number of carbonyl (C=O) groups excluding carboxylic acids is 1. The van der Waals surface area contributed by atoms with Crippen LogP contribution in [0.1, 0.15) is 5.56 Å². The molecule has 0 aliphatic carbocycles. The van der Waals surface area contributed by atoms with Gasteiger partial charge in [0.05, 0.1) is 6.54 Å². The third-order valence-corrected chi connectivity index (χ3v) is 3.70. The van der Waals surface area contributed by atoms with Crippen molar-refractivity contribution in [2.24, 2.45) is 0 Å². The molecule has 5 nitrogen and oxygen atoms in total. The van der Waals surface area contributed by atoms with Crippen molar-refractivity contribution in [1.29, 1.82) is 0 Å². The van der Waals surface area contributed by atoms with E-state index in [2.05, 4.69) is 0 Å². The number of halogens is 1. The lowest BCUT2D eigenvalue weighted by molar-refractivity contribution is -0.139. The predicted molar refractivity (Wildman–Crippen MR) is 81.1 cm³/mol. The fourth-order valence-corrected chi connectivity index (χ4v) is 2.39. The first-order valence-electron chi connectivity index (χ1n) is 6.72. The fourth-order valence-electron chi connectivity index (χ4n) is 2.19. The number of amides is 1. The Morgan fingerprint density at radius 2 is 1.86 bits per heavy atom. The maximum atomic E-state index is 12.1. The van der Waals surface area contributed by atoms with Gasteiger partial charge in [0.2, 0.25) is 5.91 Å². The maximum Gasteiger partial charge on any atom is 0.317 e. The van der Waals surface area contributed by atoms with E-state index in [4.69, 9.17) is 16.7 Å². The number of carbonyl (C=O) groups is 2. The average Bonchev–Trinajstić information content (AvgIpc) is 2.46. The zero-order valence-corrected chi connectivity index (χ0v) is 12.3. The SMILES string of the molecule is O=C(O)CN1CCN(C(=O)/C=C/c2ccccc2Cl)CC1. The highest BCUT2D eigenvalue weighted by atomic mass is 35.5. The van der Waals surface area contributed by atoms with E-state index in [0.29, 0.717) is 31.2 Å². The largest absolute Gasteiger partial charge is 0.480 e. The summed E-state index contributed by atoms with van der Waals surface area (Å²) in [5.41, 5.74) is 0.803. The van der Waals surface area contributed by atoms with Gasteiger partial charge in [0.25, 0.3) is 0 Å². The first-order valence-corrected chi connectivity index (χ1v) is 7.10. The highest BCUT2D eigenvalue weighted by Gasteiger charge is 2.20. The molecule has 0 bridgehead atoms. The summed E-state index contributed by atoms with van der Waals surface area (Å²) in [6.07, 6.45) is 3.21. The Kier molecular flexibility index (Phi) is 5.36. The van der Waals surface area contributed by atoms with E-state index in [0.717, 1.165) is 5.56 Å². The van der Waals surface area contributed by atoms with Gasteiger partial charge in [0.15, 0.2) is 0 Å².